The Morgan fingerprint density at radius 3 is 2.47 bits per heavy atom. The van der Waals surface area contributed by atoms with Crippen LogP contribution in [0.2, 0.25) is 0 Å². The van der Waals surface area contributed by atoms with Crippen molar-refractivity contribution in [3.05, 3.63) is 65.7 Å². The van der Waals surface area contributed by atoms with Crippen molar-refractivity contribution in [3.63, 3.8) is 0 Å². The predicted molar refractivity (Wildman–Crippen MR) is 79.0 cm³/mol. The highest BCUT2D eigenvalue weighted by Gasteiger charge is 2.34. The Kier molecular flexibility index (Phi) is 3.37. The van der Waals surface area contributed by atoms with Crippen molar-refractivity contribution < 1.29 is 8.42 Å². The smallest absolute Gasteiger partial charge is 0.180 e. The molecule has 0 N–H and O–H groups in total. The molecule has 2 aromatic carbocycles. The number of thioether (sulfide) groups is 1. The minimum absolute atomic E-state index is 0.0569. The maximum absolute atomic E-state index is 12.1. The normalized spacial score (nSPS) is 20.1. The summed E-state index contributed by atoms with van der Waals surface area (Å²) in [6.45, 7) is 0. The minimum Gasteiger partial charge on any atom is -0.224 e. The van der Waals surface area contributed by atoms with Crippen LogP contribution in [-0.4, -0.2) is 14.2 Å². The first-order chi connectivity index (χ1) is 9.17. The second kappa shape index (κ2) is 5.02. The van der Waals surface area contributed by atoms with Crippen molar-refractivity contribution in [3.8, 4) is 0 Å². The molecule has 1 atom stereocenters. The molecule has 0 bridgehead atoms. The molecular weight excluding hydrogens is 276 g/mol. The molecule has 1 heterocycles. The summed E-state index contributed by atoms with van der Waals surface area (Å²) < 4.78 is 24.1. The highest BCUT2D eigenvalue weighted by molar-refractivity contribution is 8.00. The standard InChI is InChI=1S/C15H14O2S2/c16-19(17)11-14(13-8-4-5-9-15(13)19)18-10-12-6-2-1-3-7-12/h1-9,14H,10-11H2/t14-/m0/s1. The lowest BCUT2D eigenvalue weighted by atomic mass is 10.2. The number of sulfone groups is 1. The zero-order chi connectivity index (χ0) is 13.3. The summed E-state index contributed by atoms with van der Waals surface area (Å²) in [5.41, 5.74) is 2.19. The molecule has 0 aliphatic carbocycles. The summed E-state index contributed by atoms with van der Waals surface area (Å²) in [7, 11) is -3.08. The Balaban J connectivity index is 1.81. The van der Waals surface area contributed by atoms with Crippen molar-refractivity contribution in [1.82, 2.24) is 0 Å². The number of benzene rings is 2. The Morgan fingerprint density at radius 2 is 1.68 bits per heavy atom. The summed E-state index contributed by atoms with van der Waals surface area (Å²) in [5.74, 6) is 1.07. The lowest BCUT2D eigenvalue weighted by molar-refractivity contribution is 0.600. The van der Waals surface area contributed by atoms with Crippen LogP contribution >= 0.6 is 11.8 Å². The van der Waals surface area contributed by atoms with E-state index in [4.69, 9.17) is 0 Å². The molecule has 0 amide bonds. The van der Waals surface area contributed by atoms with E-state index in [2.05, 4.69) is 12.1 Å². The number of fused-ring (bicyclic) bond motifs is 1. The Hall–Kier alpha value is -1.26. The molecule has 0 aromatic heterocycles. The van der Waals surface area contributed by atoms with Crippen LogP contribution in [0, 0.1) is 0 Å². The summed E-state index contributed by atoms with van der Waals surface area (Å²) in [4.78, 5) is 0.514. The third-order valence-corrected chi connectivity index (χ3v) is 6.61. The summed E-state index contributed by atoms with van der Waals surface area (Å²) >= 11 is 1.70. The third-order valence-electron chi connectivity index (χ3n) is 3.27. The molecule has 0 saturated carbocycles. The van der Waals surface area contributed by atoms with Gasteiger partial charge in [-0.25, -0.2) is 8.42 Å². The highest BCUT2D eigenvalue weighted by Crippen LogP contribution is 2.42. The maximum atomic E-state index is 12.1. The van der Waals surface area contributed by atoms with E-state index in [1.165, 1.54) is 5.56 Å². The monoisotopic (exact) mass is 290 g/mol. The van der Waals surface area contributed by atoms with E-state index in [0.29, 0.717) is 4.90 Å². The van der Waals surface area contributed by atoms with E-state index in [-0.39, 0.29) is 11.0 Å². The zero-order valence-electron chi connectivity index (χ0n) is 10.3. The fourth-order valence-electron chi connectivity index (χ4n) is 2.32. The van der Waals surface area contributed by atoms with Crippen molar-refractivity contribution in [1.29, 1.82) is 0 Å². The van der Waals surface area contributed by atoms with Crippen LogP contribution in [0.3, 0.4) is 0 Å². The van der Waals surface area contributed by atoms with Gasteiger partial charge in [0, 0.05) is 11.0 Å². The number of rotatable bonds is 3. The van der Waals surface area contributed by atoms with E-state index in [1.54, 1.807) is 23.9 Å². The average Bonchev–Trinajstić information content (AvgIpc) is 2.70. The largest absolute Gasteiger partial charge is 0.224 e. The second-order valence-corrected chi connectivity index (χ2v) is 7.80. The quantitative estimate of drug-likeness (QED) is 0.868. The molecule has 19 heavy (non-hydrogen) atoms. The van der Waals surface area contributed by atoms with Gasteiger partial charge in [0.1, 0.15) is 0 Å². The van der Waals surface area contributed by atoms with Crippen LogP contribution in [0.1, 0.15) is 16.4 Å². The van der Waals surface area contributed by atoms with Gasteiger partial charge >= 0.3 is 0 Å². The first kappa shape index (κ1) is 12.8. The molecule has 0 saturated heterocycles. The van der Waals surface area contributed by atoms with Crippen LogP contribution < -0.4 is 0 Å². The van der Waals surface area contributed by atoms with Crippen molar-refractivity contribution >= 4 is 21.6 Å². The van der Waals surface area contributed by atoms with E-state index in [1.807, 2.05) is 30.3 Å². The van der Waals surface area contributed by atoms with Gasteiger partial charge in [0.25, 0.3) is 0 Å². The van der Waals surface area contributed by atoms with Gasteiger partial charge in [0.05, 0.1) is 10.6 Å². The molecule has 1 aliphatic heterocycles. The lowest BCUT2D eigenvalue weighted by Gasteiger charge is -2.09. The highest BCUT2D eigenvalue weighted by atomic mass is 32.2. The van der Waals surface area contributed by atoms with Gasteiger partial charge in [0.15, 0.2) is 9.84 Å². The van der Waals surface area contributed by atoms with Crippen LogP contribution in [0.5, 0.6) is 0 Å². The minimum atomic E-state index is -3.08. The van der Waals surface area contributed by atoms with Gasteiger partial charge in [0.2, 0.25) is 0 Å². The molecule has 0 radical (unpaired) electrons. The van der Waals surface area contributed by atoms with Crippen molar-refractivity contribution in [2.45, 2.75) is 15.9 Å². The molecule has 2 aromatic rings. The summed E-state index contributed by atoms with van der Waals surface area (Å²) in [6, 6.07) is 17.5. The van der Waals surface area contributed by atoms with Gasteiger partial charge in [-0.3, -0.25) is 0 Å². The SMILES string of the molecule is O=S1(=O)C[C@H](SCc2ccccc2)c2ccccc21. The molecule has 2 nitrogen and oxygen atoms in total. The van der Waals surface area contributed by atoms with E-state index in [0.717, 1.165) is 11.3 Å². The van der Waals surface area contributed by atoms with Crippen LogP contribution in [0.15, 0.2) is 59.5 Å². The molecular formula is C15H14O2S2. The van der Waals surface area contributed by atoms with Gasteiger partial charge in [-0.15, -0.1) is 11.8 Å². The topological polar surface area (TPSA) is 34.1 Å². The Labute approximate surface area is 117 Å². The van der Waals surface area contributed by atoms with E-state index in [9.17, 15) is 8.42 Å². The molecule has 1 aliphatic rings. The van der Waals surface area contributed by atoms with Gasteiger partial charge in [-0.1, -0.05) is 48.5 Å². The number of hydrogen-bond acceptors (Lipinski definition) is 3. The fourth-order valence-corrected chi connectivity index (χ4v) is 5.90. The first-order valence-electron chi connectivity index (χ1n) is 6.14. The van der Waals surface area contributed by atoms with Gasteiger partial charge in [-0.05, 0) is 17.2 Å². The van der Waals surface area contributed by atoms with Crippen molar-refractivity contribution in [2.75, 3.05) is 5.75 Å². The molecule has 0 fully saturated rings. The molecule has 98 valence electrons. The summed E-state index contributed by atoms with van der Waals surface area (Å²) in [6.07, 6.45) is 0. The zero-order valence-corrected chi connectivity index (χ0v) is 12.0. The van der Waals surface area contributed by atoms with E-state index >= 15 is 0 Å². The Bertz CT molecular complexity index is 678. The third kappa shape index (κ3) is 2.55. The number of hydrogen-bond donors (Lipinski definition) is 0. The first-order valence-corrected chi connectivity index (χ1v) is 8.84. The van der Waals surface area contributed by atoms with Gasteiger partial charge < -0.3 is 0 Å². The maximum Gasteiger partial charge on any atom is 0.180 e. The molecule has 4 heteroatoms. The predicted octanol–water partition coefficient (Wildman–Crippen LogP) is 3.45. The average molecular weight is 290 g/mol. The molecule has 0 spiro atoms. The Morgan fingerprint density at radius 1 is 1.00 bits per heavy atom. The van der Waals surface area contributed by atoms with Crippen LogP contribution in [-0.2, 0) is 15.6 Å². The van der Waals surface area contributed by atoms with Crippen molar-refractivity contribution in [2.24, 2.45) is 0 Å². The second-order valence-electron chi connectivity index (χ2n) is 4.60. The molecule has 0 unspecified atom stereocenters. The van der Waals surface area contributed by atoms with Gasteiger partial charge in [-0.2, -0.15) is 0 Å². The lowest BCUT2D eigenvalue weighted by Crippen LogP contribution is -2.01. The molecule has 3 rings (SSSR count). The van der Waals surface area contributed by atoms with Crippen LogP contribution in [0.4, 0.5) is 0 Å². The van der Waals surface area contributed by atoms with E-state index < -0.39 is 9.84 Å². The van der Waals surface area contributed by atoms with Crippen LogP contribution in [0.25, 0.3) is 0 Å². The summed E-state index contributed by atoms with van der Waals surface area (Å²) in [5, 5.41) is 0.0569. The fraction of sp³-hybridized carbons (Fsp3) is 0.200.